The summed E-state index contributed by atoms with van der Waals surface area (Å²) in [6.45, 7) is 5.47. The largest absolute Gasteiger partial charge is 0.389 e. The van der Waals surface area contributed by atoms with Crippen LogP contribution >= 0.6 is 11.3 Å². The van der Waals surface area contributed by atoms with Gasteiger partial charge in [-0.05, 0) is 14.0 Å². The molecule has 1 aromatic heterocycles. The number of thiazole rings is 1. The number of anilines is 2. The number of nitrogen functional groups attached to an aromatic ring is 1. The van der Waals surface area contributed by atoms with Gasteiger partial charge in [0, 0.05) is 25.7 Å². The van der Waals surface area contributed by atoms with E-state index < -0.39 is 0 Å². The molecule has 0 amide bonds. The quantitative estimate of drug-likeness (QED) is 0.750. The van der Waals surface area contributed by atoms with E-state index >= 15 is 0 Å². The van der Waals surface area contributed by atoms with E-state index in [1.54, 1.807) is 17.5 Å². The van der Waals surface area contributed by atoms with E-state index in [2.05, 4.69) is 28.8 Å². The van der Waals surface area contributed by atoms with E-state index in [1.807, 2.05) is 0 Å². The van der Waals surface area contributed by atoms with Crippen LogP contribution in [0.25, 0.3) is 0 Å². The molecule has 2 N–H and O–H groups in total. The van der Waals surface area contributed by atoms with Crippen molar-refractivity contribution in [2.75, 3.05) is 37.3 Å². The Hall–Kier alpha value is -0.810. The summed E-state index contributed by atoms with van der Waals surface area (Å²) in [4.78, 5) is 9.00. The van der Waals surface area contributed by atoms with Crippen LogP contribution in [0.1, 0.15) is 6.92 Å². The minimum Gasteiger partial charge on any atom is -0.389 e. The highest BCUT2D eigenvalue weighted by Gasteiger charge is 2.23. The van der Waals surface area contributed by atoms with Crippen molar-refractivity contribution in [3.8, 4) is 0 Å². The Kier molecular flexibility index (Phi) is 2.60. The van der Waals surface area contributed by atoms with Gasteiger partial charge in [0.05, 0.1) is 6.20 Å². The van der Waals surface area contributed by atoms with Gasteiger partial charge in [0.25, 0.3) is 0 Å². The average Bonchev–Trinajstić information content (AvgIpc) is 2.51. The van der Waals surface area contributed by atoms with Crippen molar-refractivity contribution in [2.45, 2.75) is 13.0 Å². The van der Waals surface area contributed by atoms with Gasteiger partial charge in [0.2, 0.25) is 0 Å². The number of hydrogen-bond acceptors (Lipinski definition) is 5. The molecule has 2 heterocycles. The number of nitrogens with two attached hydrogens (primary N) is 1. The SMILES string of the molecule is CC1CN(C)CCN1c1ncc(N)s1. The summed E-state index contributed by atoms with van der Waals surface area (Å²) in [5, 5.41) is 1.86. The minimum absolute atomic E-state index is 0.527. The Morgan fingerprint density at radius 3 is 2.93 bits per heavy atom. The minimum atomic E-state index is 0.527. The highest BCUT2D eigenvalue weighted by Crippen LogP contribution is 2.26. The number of likely N-dealkylation sites (N-methyl/N-ethyl adjacent to an activating group) is 1. The lowest BCUT2D eigenvalue weighted by molar-refractivity contribution is 0.275. The molecule has 0 radical (unpaired) electrons. The zero-order valence-electron chi connectivity index (χ0n) is 8.60. The predicted molar refractivity (Wildman–Crippen MR) is 60.8 cm³/mol. The van der Waals surface area contributed by atoms with Gasteiger partial charge in [-0.1, -0.05) is 11.3 Å². The predicted octanol–water partition coefficient (Wildman–Crippen LogP) is 0.866. The Labute approximate surface area is 88.3 Å². The molecule has 1 aliphatic rings. The van der Waals surface area contributed by atoms with Crippen LogP contribution in [0.3, 0.4) is 0 Å². The first-order valence-corrected chi connectivity index (χ1v) is 5.65. The maximum absolute atomic E-state index is 5.68. The third kappa shape index (κ3) is 1.83. The molecule has 1 fully saturated rings. The molecular weight excluding hydrogens is 196 g/mol. The fourth-order valence-corrected chi connectivity index (χ4v) is 2.64. The summed E-state index contributed by atoms with van der Waals surface area (Å²) < 4.78 is 0. The van der Waals surface area contributed by atoms with Crippen LogP contribution in [-0.4, -0.2) is 42.6 Å². The van der Waals surface area contributed by atoms with Crippen molar-refractivity contribution in [1.82, 2.24) is 9.88 Å². The highest BCUT2D eigenvalue weighted by atomic mass is 32.1. The van der Waals surface area contributed by atoms with E-state index in [1.165, 1.54) is 0 Å². The van der Waals surface area contributed by atoms with Crippen molar-refractivity contribution in [3.05, 3.63) is 6.20 Å². The number of hydrogen-bond donors (Lipinski definition) is 1. The second-order valence-electron chi connectivity index (χ2n) is 3.85. The smallest absolute Gasteiger partial charge is 0.187 e. The molecule has 0 saturated carbocycles. The molecule has 0 bridgehead atoms. The molecule has 2 rings (SSSR count). The zero-order valence-corrected chi connectivity index (χ0v) is 9.42. The Morgan fingerprint density at radius 1 is 1.57 bits per heavy atom. The molecule has 14 heavy (non-hydrogen) atoms. The van der Waals surface area contributed by atoms with Gasteiger partial charge >= 0.3 is 0 Å². The van der Waals surface area contributed by atoms with Crippen LogP contribution in [0.4, 0.5) is 10.1 Å². The molecule has 0 aliphatic carbocycles. The molecule has 1 unspecified atom stereocenters. The van der Waals surface area contributed by atoms with E-state index in [0.29, 0.717) is 6.04 Å². The van der Waals surface area contributed by atoms with Crippen LogP contribution < -0.4 is 10.6 Å². The van der Waals surface area contributed by atoms with Gasteiger partial charge < -0.3 is 15.5 Å². The van der Waals surface area contributed by atoms with Crippen molar-refractivity contribution in [1.29, 1.82) is 0 Å². The number of piperazine rings is 1. The van der Waals surface area contributed by atoms with Crippen LogP contribution in [0, 0.1) is 0 Å². The molecular formula is C9H16N4S. The van der Waals surface area contributed by atoms with Gasteiger partial charge in [0.15, 0.2) is 5.13 Å². The lowest BCUT2D eigenvalue weighted by Crippen LogP contribution is -2.50. The molecule has 1 saturated heterocycles. The molecule has 4 nitrogen and oxygen atoms in total. The normalized spacial score (nSPS) is 24.1. The van der Waals surface area contributed by atoms with Gasteiger partial charge in [-0.3, -0.25) is 0 Å². The molecule has 1 atom stereocenters. The first-order chi connectivity index (χ1) is 6.66. The summed E-state index contributed by atoms with van der Waals surface area (Å²) in [6.07, 6.45) is 1.74. The van der Waals surface area contributed by atoms with Gasteiger partial charge in [-0.15, -0.1) is 0 Å². The van der Waals surface area contributed by atoms with Crippen LogP contribution in [0.2, 0.25) is 0 Å². The van der Waals surface area contributed by atoms with E-state index in [-0.39, 0.29) is 0 Å². The van der Waals surface area contributed by atoms with Gasteiger partial charge in [0.1, 0.15) is 5.00 Å². The maximum Gasteiger partial charge on any atom is 0.187 e. The van der Waals surface area contributed by atoms with Crippen molar-refractivity contribution in [3.63, 3.8) is 0 Å². The number of aromatic nitrogens is 1. The summed E-state index contributed by atoms with van der Waals surface area (Å²) >= 11 is 1.57. The van der Waals surface area contributed by atoms with Crippen LogP contribution in [-0.2, 0) is 0 Å². The van der Waals surface area contributed by atoms with Crippen molar-refractivity contribution < 1.29 is 0 Å². The number of nitrogens with zero attached hydrogens (tertiary/aromatic N) is 3. The van der Waals surface area contributed by atoms with E-state index in [4.69, 9.17) is 5.73 Å². The fraction of sp³-hybridized carbons (Fsp3) is 0.667. The van der Waals surface area contributed by atoms with E-state index in [0.717, 1.165) is 29.8 Å². The molecule has 0 spiro atoms. The number of rotatable bonds is 1. The third-order valence-corrected chi connectivity index (χ3v) is 3.45. The molecule has 78 valence electrons. The molecule has 1 aromatic rings. The fourth-order valence-electron chi connectivity index (χ4n) is 1.83. The van der Waals surface area contributed by atoms with Crippen LogP contribution in [0.5, 0.6) is 0 Å². The van der Waals surface area contributed by atoms with Crippen molar-refractivity contribution >= 4 is 21.5 Å². The Morgan fingerprint density at radius 2 is 2.36 bits per heavy atom. The lowest BCUT2D eigenvalue weighted by Gasteiger charge is -2.37. The summed E-state index contributed by atoms with van der Waals surface area (Å²) in [7, 11) is 2.16. The Balaban J connectivity index is 2.11. The maximum atomic E-state index is 5.68. The first kappa shape index (κ1) is 9.73. The second kappa shape index (κ2) is 3.74. The molecule has 5 heteroatoms. The van der Waals surface area contributed by atoms with Gasteiger partial charge in [-0.25, -0.2) is 4.98 Å². The standard InChI is InChI=1S/C9H16N4S/c1-7-6-12(2)3-4-13(7)9-11-5-8(10)14-9/h5,7H,3-4,6,10H2,1-2H3. The second-order valence-corrected chi connectivity index (χ2v) is 4.89. The summed E-state index contributed by atoms with van der Waals surface area (Å²) in [6, 6.07) is 0.527. The topological polar surface area (TPSA) is 45.4 Å². The molecule has 1 aliphatic heterocycles. The first-order valence-electron chi connectivity index (χ1n) is 4.83. The summed E-state index contributed by atoms with van der Waals surface area (Å²) in [5.41, 5.74) is 5.68. The third-order valence-electron chi connectivity index (χ3n) is 2.59. The lowest BCUT2D eigenvalue weighted by atomic mass is 10.2. The van der Waals surface area contributed by atoms with E-state index in [9.17, 15) is 0 Å². The monoisotopic (exact) mass is 212 g/mol. The highest BCUT2D eigenvalue weighted by molar-refractivity contribution is 7.19. The summed E-state index contributed by atoms with van der Waals surface area (Å²) in [5.74, 6) is 0. The average molecular weight is 212 g/mol. The molecule has 0 aromatic carbocycles. The van der Waals surface area contributed by atoms with Gasteiger partial charge in [-0.2, -0.15) is 0 Å². The van der Waals surface area contributed by atoms with Crippen LogP contribution in [0.15, 0.2) is 6.20 Å². The van der Waals surface area contributed by atoms with Crippen molar-refractivity contribution in [2.24, 2.45) is 0 Å². The Bertz CT molecular complexity index is 312. The zero-order chi connectivity index (χ0) is 10.1.